The van der Waals surface area contributed by atoms with Crippen LogP contribution in [0.15, 0.2) is 36.7 Å². The Morgan fingerprint density at radius 1 is 1.21 bits per heavy atom. The molecule has 0 spiro atoms. The minimum absolute atomic E-state index is 0.719. The van der Waals surface area contributed by atoms with Gasteiger partial charge in [0.15, 0.2) is 0 Å². The molecule has 0 atom stereocenters. The van der Waals surface area contributed by atoms with Crippen LogP contribution in [0.1, 0.15) is 12.0 Å². The van der Waals surface area contributed by atoms with Gasteiger partial charge in [0.2, 0.25) is 0 Å². The van der Waals surface area contributed by atoms with Gasteiger partial charge >= 0.3 is 0 Å². The van der Waals surface area contributed by atoms with Crippen LogP contribution in [0.3, 0.4) is 0 Å². The van der Waals surface area contributed by atoms with Gasteiger partial charge in [-0.1, -0.05) is 18.2 Å². The highest BCUT2D eigenvalue weighted by molar-refractivity contribution is 6.17. The van der Waals surface area contributed by atoms with Crippen molar-refractivity contribution in [1.82, 2.24) is 4.98 Å². The number of nitrogens with zero attached hydrogens (tertiary/aromatic N) is 1. The summed E-state index contributed by atoms with van der Waals surface area (Å²) in [6.45, 7) is 0. The van der Waals surface area contributed by atoms with E-state index in [1.54, 1.807) is 0 Å². The Kier molecular flexibility index (Phi) is 3.00. The van der Waals surface area contributed by atoms with Crippen LogP contribution in [0.5, 0.6) is 0 Å². The number of benzene rings is 1. The molecule has 0 saturated carbocycles. The minimum Gasteiger partial charge on any atom is -0.264 e. The third-order valence-corrected chi connectivity index (χ3v) is 2.62. The maximum atomic E-state index is 5.69. The fourth-order valence-electron chi connectivity index (χ4n) is 1.65. The quantitative estimate of drug-likeness (QED) is 0.700. The molecule has 2 heteroatoms. The highest BCUT2D eigenvalue weighted by Gasteiger charge is 1.99. The summed E-state index contributed by atoms with van der Waals surface area (Å²) in [5.41, 5.74) is 1.34. The largest absolute Gasteiger partial charge is 0.264 e. The Hall–Kier alpha value is -1.08. The van der Waals surface area contributed by atoms with Crippen LogP contribution in [0, 0.1) is 0 Å². The molecule has 0 bridgehead atoms. The van der Waals surface area contributed by atoms with Crippen molar-refractivity contribution < 1.29 is 0 Å². The summed E-state index contributed by atoms with van der Waals surface area (Å²) in [5, 5.41) is 2.51. The van der Waals surface area contributed by atoms with Gasteiger partial charge in [0.25, 0.3) is 0 Å². The number of rotatable bonds is 3. The van der Waals surface area contributed by atoms with Gasteiger partial charge in [0, 0.05) is 23.7 Å². The van der Waals surface area contributed by atoms with Crippen molar-refractivity contribution in [3.05, 3.63) is 42.2 Å². The van der Waals surface area contributed by atoms with E-state index >= 15 is 0 Å². The molecule has 0 saturated heterocycles. The molecule has 0 aliphatic heterocycles. The zero-order valence-electron chi connectivity index (χ0n) is 7.91. The average Bonchev–Trinajstić information content (AvgIpc) is 2.26. The maximum absolute atomic E-state index is 5.69. The minimum atomic E-state index is 0.719. The van der Waals surface area contributed by atoms with E-state index in [1.807, 2.05) is 18.5 Å². The molecule has 2 aromatic rings. The van der Waals surface area contributed by atoms with Crippen molar-refractivity contribution in [2.45, 2.75) is 12.8 Å². The number of aromatic nitrogens is 1. The smallest absolute Gasteiger partial charge is 0.0349 e. The van der Waals surface area contributed by atoms with Gasteiger partial charge in [-0.05, 0) is 29.9 Å². The molecular formula is C12H12ClN. The molecule has 1 aromatic heterocycles. The Morgan fingerprint density at radius 2 is 2.14 bits per heavy atom. The zero-order valence-corrected chi connectivity index (χ0v) is 8.67. The van der Waals surface area contributed by atoms with Crippen LogP contribution in [0.4, 0.5) is 0 Å². The number of alkyl halides is 1. The summed E-state index contributed by atoms with van der Waals surface area (Å²) in [6.07, 6.45) is 5.81. The lowest BCUT2D eigenvalue weighted by atomic mass is 10.0. The molecule has 1 aromatic carbocycles. The summed E-state index contributed by atoms with van der Waals surface area (Å²) in [6, 6.07) is 8.39. The predicted molar refractivity (Wildman–Crippen MR) is 60.8 cm³/mol. The van der Waals surface area contributed by atoms with E-state index in [2.05, 4.69) is 23.2 Å². The summed E-state index contributed by atoms with van der Waals surface area (Å²) in [4.78, 5) is 4.15. The SMILES string of the molecule is ClCCCc1cccc2ccncc12. The number of aryl methyl sites for hydroxylation is 1. The standard InChI is InChI=1S/C12H12ClN/c13-7-2-5-10-3-1-4-11-6-8-14-9-12(10)11/h1,3-4,6,8-9H,2,5,7H2. The van der Waals surface area contributed by atoms with Gasteiger partial charge in [0.1, 0.15) is 0 Å². The third-order valence-electron chi connectivity index (χ3n) is 2.35. The van der Waals surface area contributed by atoms with Gasteiger partial charge in [-0.3, -0.25) is 4.98 Å². The molecule has 0 aliphatic carbocycles. The van der Waals surface area contributed by atoms with E-state index in [1.165, 1.54) is 16.3 Å². The van der Waals surface area contributed by atoms with E-state index in [-0.39, 0.29) is 0 Å². The number of fused-ring (bicyclic) bond motifs is 1. The molecular weight excluding hydrogens is 194 g/mol. The Labute approximate surface area is 88.7 Å². The molecule has 1 nitrogen and oxygen atoms in total. The van der Waals surface area contributed by atoms with E-state index in [0.717, 1.165) is 18.7 Å². The summed E-state index contributed by atoms with van der Waals surface area (Å²) < 4.78 is 0. The van der Waals surface area contributed by atoms with Crippen LogP contribution in [0.25, 0.3) is 10.8 Å². The fourth-order valence-corrected chi connectivity index (χ4v) is 1.79. The first-order valence-corrected chi connectivity index (χ1v) is 5.33. The number of halogens is 1. The molecule has 0 aliphatic rings. The lowest BCUT2D eigenvalue weighted by Crippen LogP contribution is -1.88. The van der Waals surface area contributed by atoms with Crippen molar-refractivity contribution >= 4 is 22.4 Å². The van der Waals surface area contributed by atoms with E-state index in [0.29, 0.717) is 0 Å². The number of hydrogen-bond acceptors (Lipinski definition) is 1. The second-order valence-electron chi connectivity index (χ2n) is 3.31. The van der Waals surface area contributed by atoms with E-state index in [9.17, 15) is 0 Å². The second kappa shape index (κ2) is 4.43. The van der Waals surface area contributed by atoms with Gasteiger partial charge in [-0.15, -0.1) is 11.6 Å². The highest BCUT2D eigenvalue weighted by Crippen LogP contribution is 2.18. The van der Waals surface area contributed by atoms with Crippen LogP contribution in [-0.4, -0.2) is 10.9 Å². The predicted octanol–water partition coefficient (Wildman–Crippen LogP) is 3.41. The van der Waals surface area contributed by atoms with Crippen molar-refractivity contribution in [2.75, 3.05) is 5.88 Å². The normalized spacial score (nSPS) is 10.6. The maximum Gasteiger partial charge on any atom is 0.0349 e. The van der Waals surface area contributed by atoms with Crippen LogP contribution < -0.4 is 0 Å². The molecule has 0 N–H and O–H groups in total. The van der Waals surface area contributed by atoms with Gasteiger partial charge in [-0.25, -0.2) is 0 Å². The average molecular weight is 206 g/mol. The molecule has 0 unspecified atom stereocenters. The zero-order chi connectivity index (χ0) is 9.80. The third kappa shape index (κ3) is 1.88. The number of hydrogen-bond donors (Lipinski definition) is 0. The molecule has 72 valence electrons. The first-order chi connectivity index (χ1) is 6.92. The Bertz CT molecular complexity index is 420. The Morgan fingerprint density at radius 3 is 3.00 bits per heavy atom. The summed E-state index contributed by atoms with van der Waals surface area (Å²) >= 11 is 5.69. The molecule has 0 radical (unpaired) electrons. The topological polar surface area (TPSA) is 12.9 Å². The lowest BCUT2D eigenvalue weighted by molar-refractivity contribution is 0.936. The van der Waals surface area contributed by atoms with Gasteiger partial charge in [-0.2, -0.15) is 0 Å². The fraction of sp³-hybridized carbons (Fsp3) is 0.250. The van der Waals surface area contributed by atoms with Crippen molar-refractivity contribution in [3.63, 3.8) is 0 Å². The van der Waals surface area contributed by atoms with E-state index in [4.69, 9.17) is 11.6 Å². The van der Waals surface area contributed by atoms with E-state index < -0.39 is 0 Å². The highest BCUT2D eigenvalue weighted by atomic mass is 35.5. The summed E-state index contributed by atoms with van der Waals surface area (Å²) in [7, 11) is 0. The number of pyridine rings is 1. The first-order valence-electron chi connectivity index (χ1n) is 4.79. The van der Waals surface area contributed by atoms with Gasteiger partial charge in [0.05, 0.1) is 0 Å². The van der Waals surface area contributed by atoms with Crippen molar-refractivity contribution in [1.29, 1.82) is 0 Å². The van der Waals surface area contributed by atoms with Crippen LogP contribution >= 0.6 is 11.6 Å². The first kappa shape index (κ1) is 9.47. The monoisotopic (exact) mass is 205 g/mol. The molecule has 1 heterocycles. The molecule has 0 fully saturated rings. The lowest BCUT2D eigenvalue weighted by Gasteiger charge is -2.04. The van der Waals surface area contributed by atoms with Crippen molar-refractivity contribution in [2.24, 2.45) is 0 Å². The Balaban J connectivity index is 2.43. The second-order valence-corrected chi connectivity index (χ2v) is 3.68. The van der Waals surface area contributed by atoms with Crippen molar-refractivity contribution in [3.8, 4) is 0 Å². The van der Waals surface area contributed by atoms with Crippen LogP contribution in [-0.2, 0) is 6.42 Å². The van der Waals surface area contributed by atoms with Crippen LogP contribution in [0.2, 0.25) is 0 Å². The molecule has 2 rings (SSSR count). The van der Waals surface area contributed by atoms with Gasteiger partial charge < -0.3 is 0 Å². The molecule has 0 amide bonds. The molecule has 14 heavy (non-hydrogen) atoms. The summed E-state index contributed by atoms with van der Waals surface area (Å²) in [5.74, 6) is 0.719.